The number of rotatable bonds is 1. The summed E-state index contributed by atoms with van der Waals surface area (Å²) in [7, 11) is 2.07. The summed E-state index contributed by atoms with van der Waals surface area (Å²) in [5.41, 5.74) is 5.75. The van der Waals surface area contributed by atoms with Crippen molar-refractivity contribution in [2.75, 3.05) is 0 Å². The van der Waals surface area contributed by atoms with E-state index in [0.29, 0.717) is 0 Å². The lowest BCUT2D eigenvalue weighted by atomic mass is 9.95. The number of hydrogen-bond acceptors (Lipinski definition) is 2. The van der Waals surface area contributed by atoms with Gasteiger partial charge in [0.05, 0.1) is 16.7 Å². The molecule has 0 N–H and O–H groups in total. The number of allylic oxidation sites excluding steroid dienone is 1. The molecule has 3 heteroatoms. The van der Waals surface area contributed by atoms with Gasteiger partial charge in [0, 0.05) is 18.8 Å². The van der Waals surface area contributed by atoms with E-state index in [9.17, 15) is 0 Å². The molecule has 20 heavy (non-hydrogen) atoms. The number of aromatic nitrogens is 3. The van der Waals surface area contributed by atoms with Crippen molar-refractivity contribution in [3.8, 4) is 0 Å². The molecular formula is C17H15N3. The van der Waals surface area contributed by atoms with Crippen LogP contribution in [0.25, 0.3) is 16.6 Å². The fraction of sp³-hybridized carbons (Fsp3) is 0.176. The summed E-state index contributed by atoms with van der Waals surface area (Å²) in [6.45, 7) is 0. The van der Waals surface area contributed by atoms with E-state index in [-0.39, 0.29) is 0 Å². The molecular weight excluding hydrogens is 246 g/mol. The van der Waals surface area contributed by atoms with E-state index >= 15 is 0 Å². The maximum absolute atomic E-state index is 4.79. The Morgan fingerprint density at radius 1 is 1.10 bits per heavy atom. The lowest BCUT2D eigenvalue weighted by Crippen LogP contribution is -2.07. The summed E-state index contributed by atoms with van der Waals surface area (Å²) < 4.78 is 2.16. The summed E-state index contributed by atoms with van der Waals surface area (Å²) in [6.07, 6.45) is 6.24. The number of imidazole rings is 1. The summed E-state index contributed by atoms with van der Waals surface area (Å²) in [5.74, 6) is 1.01. The number of para-hydroxylation sites is 2. The van der Waals surface area contributed by atoms with Crippen molar-refractivity contribution in [3.63, 3.8) is 0 Å². The van der Waals surface area contributed by atoms with Crippen LogP contribution in [0.15, 0.2) is 48.7 Å². The molecule has 1 aliphatic rings. The molecule has 3 nitrogen and oxygen atoms in total. The highest BCUT2D eigenvalue weighted by atomic mass is 15.1. The Labute approximate surface area is 117 Å². The molecule has 4 rings (SSSR count). The van der Waals surface area contributed by atoms with Gasteiger partial charge < -0.3 is 4.57 Å². The molecule has 0 amide bonds. The van der Waals surface area contributed by atoms with Gasteiger partial charge in [0.2, 0.25) is 0 Å². The van der Waals surface area contributed by atoms with E-state index in [1.54, 1.807) is 0 Å². The van der Waals surface area contributed by atoms with Gasteiger partial charge >= 0.3 is 0 Å². The Hall–Kier alpha value is -2.42. The van der Waals surface area contributed by atoms with Crippen LogP contribution in [0.3, 0.4) is 0 Å². The van der Waals surface area contributed by atoms with Crippen LogP contribution in [-0.4, -0.2) is 14.5 Å². The second-order valence-electron chi connectivity index (χ2n) is 5.15. The van der Waals surface area contributed by atoms with Gasteiger partial charge in [0.1, 0.15) is 5.82 Å². The highest BCUT2D eigenvalue weighted by molar-refractivity contribution is 5.84. The van der Waals surface area contributed by atoms with Crippen LogP contribution in [-0.2, 0) is 13.5 Å². The Morgan fingerprint density at radius 3 is 2.90 bits per heavy atom. The number of pyridine rings is 1. The van der Waals surface area contributed by atoms with Crippen molar-refractivity contribution in [3.05, 3.63) is 65.8 Å². The van der Waals surface area contributed by atoms with Gasteiger partial charge in [-0.05, 0) is 36.6 Å². The quantitative estimate of drug-likeness (QED) is 0.672. The molecule has 0 spiro atoms. The van der Waals surface area contributed by atoms with Crippen molar-refractivity contribution < 1.29 is 0 Å². The summed E-state index contributed by atoms with van der Waals surface area (Å²) >= 11 is 0. The SMILES string of the molecule is Cn1c(C2=CCCc3cccnc32)nc2ccccc21. The molecule has 1 aliphatic carbocycles. The normalized spacial score (nSPS) is 14.2. The third-order valence-electron chi connectivity index (χ3n) is 3.94. The third-order valence-corrected chi connectivity index (χ3v) is 3.94. The average molecular weight is 261 g/mol. The van der Waals surface area contributed by atoms with Gasteiger partial charge in [-0.15, -0.1) is 0 Å². The molecule has 0 bridgehead atoms. The standard InChI is InChI=1S/C17H15N3/c1-20-15-10-3-2-9-14(15)19-17(20)13-8-4-6-12-7-5-11-18-16(12)13/h2-3,5,7-11H,4,6H2,1H3. The van der Waals surface area contributed by atoms with E-state index in [1.165, 1.54) is 5.56 Å². The fourth-order valence-electron chi connectivity index (χ4n) is 2.94. The summed E-state index contributed by atoms with van der Waals surface area (Å²) in [5, 5.41) is 0. The monoisotopic (exact) mass is 261 g/mol. The maximum atomic E-state index is 4.79. The zero-order valence-corrected chi connectivity index (χ0v) is 11.4. The molecule has 0 unspecified atom stereocenters. The summed E-state index contributed by atoms with van der Waals surface area (Å²) in [6, 6.07) is 12.4. The zero-order valence-electron chi connectivity index (χ0n) is 11.4. The van der Waals surface area contributed by atoms with Crippen LogP contribution in [0.2, 0.25) is 0 Å². The molecule has 0 aliphatic heterocycles. The van der Waals surface area contributed by atoms with Gasteiger partial charge in [-0.1, -0.05) is 24.3 Å². The first-order chi connectivity index (χ1) is 9.84. The predicted octanol–water partition coefficient (Wildman–Crippen LogP) is 3.35. The van der Waals surface area contributed by atoms with Crippen LogP contribution < -0.4 is 0 Å². The number of nitrogens with zero attached hydrogens (tertiary/aromatic N) is 3. The molecule has 0 atom stereocenters. The first-order valence-electron chi connectivity index (χ1n) is 6.91. The molecule has 3 aromatic rings. The van der Waals surface area contributed by atoms with Gasteiger partial charge in [-0.25, -0.2) is 4.98 Å². The predicted molar refractivity (Wildman–Crippen MR) is 80.4 cm³/mol. The average Bonchev–Trinajstić information content (AvgIpc) is 2.84. The number of hydrogen-bond donors (Lipinski definition) is 0. The first kappa shape index (κ1) is 11.4. The minimum absolute atomic E-state index is 1.01. The van der Waals surface area contributed by atoms with Crippen molar-refractivity contribution in [2.45, 2.75) is 12.8 Å². The zero-order chi connectivity index (χ0) is 13.5. The van der Waals surface area contributed by atoms with Crippen LogP contribution in [0.4, 0.5) is 0 Å². The topological polar surface area (TPSA) is 30.7 Å². The van der Waals surface area contributed by atoms with Crippen LogP contribution >= 0.6 is 0 Å². The molecule has 0 saturated carbocycles. The van der Waals surface area contributed by atoms with E-state index in [4.69, 9.17) is 4.98 Å². The molecule has 0 fully saturated rings. The van der Waals surface area contributed by atoms with Gasteiger partial charge in [0.15, 0.2) is 0 Å². The number of aryl methyl sites for hydroxylation is 2. The van der Waals surface area contributed by atoms with Crippen LogP contribution in [0, 0.1) is 0 Å². The fourth-order valence-corrected chi connectivity index (χ4v) is 2.94. The maximum Gasteiger partial charge on any atom is 0.142 e. The van der Waals surface area contributed by atoms with Crippen molar-refractivity contribution in [2.24, 2.45) is 7.05 Å². The number of benzene rings is 1. The third kappa shape index (κ3) is 1.59. The Kier molecular flexibility index (Phi) is 2.46. The van der Waals surface area contributed by atoms with Crippen LogP contribution in [0.5, 0.6) is 0 Å². The first-order valence-corrected chi connectivity index (χ1v) is 6.91. The van der Waals surface area contributed by atoms with Gasteiger partial charge in [-0.3, -0.25) is 4.98 Å². The highest BCUT2D eigenvalue weighted by Gasteiger charge is 2.19. The second-order valence-corrected chi connectivity index (χ2v) is 5.15. The van der Waals surface area contributed by atoms with Crippen molar-refractivity contribution in [1.82, 2.24) is 14.5 Å². The minimum Gasteiger partial charge on any atom is -0.327 e. The molecule has 2 aromatic heterocycles. The molecule has 2 heterocycles. The molecule has 0 radical (unpaired) electrons. The second kappa shape index (κ2) is 4.30. The molecule has 98 valence electrons. The minimum atomic E-state index is 1.01. The summed E-state index contributed by atoms with van der Waals surface area (Å²) in [4.78, 5) is 9.36. The highest BCUT2D eigenvalue weighted by Crippen LogP contribution is 2.30. The van der Waals surface area contributed by atoms with E-state index < -0.39 is 0 Å². The van der Waals surface area contributed by atoms with Crippen LogP contribution in [0.1, 0.15) is 23.5 Å². The lowest BCUT2D eigenvalue weighted by molar-refractivity contribution is 0.897. The van der Waals surface area contributed by atoms with Crippen molar-refractivity contribution >= 4 is 16.6 Å². The number of fused-ring (bicyclic) bond motifs is 2. The van der Waals surface area contributed by atoms with E-state index in [0.717, 1.165) is 41.0 Å². The largest absolute Gasteiger partial charge is 0.327 e. The van der Waals surface area contributed by atoms with E-state index in [1.807, 2.05) is 18.3 Å². The van der Waals surface area contributed by atoms with Crippen molar-refractivity contribution in [1.29, 1.82) is 0 Å². The Morgan fingerprint density at radius 2 is 2.00 bits per heavy atom. The van der Waals surface area contributed by atoms with Gasteiger partial charge in [0.25, 0.3) is 0 Å². The lowest BCUT2D eigenvalue weighted by Gasteiger charge is -2.16. The smallest absolute Gasteiger partial charge is 0.142 e. The Balaban J connectivity index is 1.96. The van der Waals surface area contributed by atoms with E-state index in [2.05, 4.69) is 46.9 Å². The Bertz CT molecular complexity index is 827. The van der Waals surface area contributed by atoms with Gasteiger partial charge in [-0.2, -0.15) is 0 Å². The molecule has 1 aromatic carbocycles. The molecule has 0 saturated heterocycles.